The van der Waals surface area contributed by atoms with Crippen molar-refractivity contribution in [2.24, 2.45) is 0 Å². The molecule has 9 heteroatoms. The lowest BCUT2D eigenvalue weighted by molar-refractivity contribution is -0.140. The number of nitrogens with one attached hydrogen (secondary N) is 1. The highest BCUT2D eigenvalue weighted by Crippen LogP contribution is 2.38. The Hall–Kier alpha value is -2.94. The van der Waals surface area contributed by atoms with Gasteiger partial charge in [0.05, 0.1) is 37.8 Å². The SMILES string of the molecule is COC(=O)C1=C(C(=O)OC)N(c2cc(F)cc3c2NC(=O)CC3)COC1. The van der Waals surface area contributed by atoms with Gasteiger partial charge in [0.1, 0.15) is 18.2 Å². The summed E-state index contributed by atoms with van der Waals surface area (Å²) >= 11 is 0. The summed E-state index contributed by atoms with van der Waals surface area (Å²) in [7, 11) is 2.34. The van der Waals surface area contributed by atoms with E-state index in [0.717, 1.165) is 6.07 Å². The van der Waals surface area contributed by atoms with Crippen molar-refractivity contribution >= 4 is 29.2 Å². The highest BCUT2D eigenvalue weighted by molar-refractivity contribution is 6.05. The number of carbonyl (C=O) groups is 3. The van der Waals surface area contributed by atoms with Gasteiger partial charge in [-0.1, -0.05) is 0 Å². The van der Waals surface area contributed by atoms with Gasteiger partial charge in [0, 0.05) is 6.42 Å². The fraction of sp³-hybridized carbons (Fsp3) is 0.353. The molecule has 1 N–H and O–H groups in total. The van der Waals surface area contributed by atoms with E-state index in [1.165, 1.54) is 25.2 Å². The summed E-state index contributed by atoms with van der Waals surface area (Å²) in [6.07, 6.45) is 0.598. The number of ether oxygens (including phenoxy) is 3. The number of hydrogen-bond acceptors (Lipinski definition) is 7. The minimum Gasteiger partial charge on any atom is -0.466 e. The number of anilines is 2. The highest BCUT2D eigenvalue weighted by atomic mass is 19.1. The molecule has 0 spiro atoms. The van der Waals surface area contributed by atoms with Crippen LogP contribution in [0.15, 0.2) is 23.4 Å². The molecule has 0 saturated carbocycles. The molecule has 138 valence electrons. The van der Waals surface area contributed by atoms with E-state index in [1.807, 2.05) is 0 Å². The van der Waals surface area contributed by atoms with Crippen molar-refractivity contribution in [1.82, 2.24) is 0 Å². The highest BCUT2D eigenvalue weighted by Gasteiger charge is 2.34. The van der Waals surface area contributed by atoms with Crippen LogP contribution in [0.3, 0.4) is 0 Å². The second-order valence-corrected chi connectivity index (χ2v) is 5.72. The van der Waals surface area contributed by atoms with Gasteiger partial charge < -0.3 is 24.4 Å². The van der Waals surface area contributed by atoms with E-state index < -0.39 is 17.8 Å². The molecule has 1 aromatic rings. The van der Waals surface area contributed by atoms with Crippen molar-refractivity contribution in [2.75, 3.05) is 37.8 Å². The van der Waals surface area contributed by atoms with Gasteiger partial charge in [-0.05, 0) is 24.1 Å². The van der Waals surface area contributed by atoms with Crippen molar-refractivity contribution in [2.45, 2.75) is 12.8 Å². The van der Waals surface area contributed by atoms with Gasteiger partial charge in [-0.25, -0.2) is 14.0 Å². The largest absolute Gasteiger partial charge is 0.466 e. The molecule has 8 nitrogen and oxygen atoms in total. The number of nitrogens with zero attached hydrogens (tertiary/aromatic N) is 1. The maximum Gasteiger partial charge on any atom is 0.355 e. The molecule has 26 heavy (non-hydrogen) atoms. The fourth-order valence-corrected chi connectivity index (χ4v) is 2.99. The molecule has 0 unspecified atom stereocenters. The minimum absolute atomic E-state index is 0.0502. The quantitative estimate of drug-likeness (QED) is 0.803. The number of hydrogen-bond donors (Lipinski definition) is 1. The van der Waals surface area contributed by atoms with Crippen LogP contribution >= 0.6 is 0 Å². The van der Waals surface area contributed by atoms with Crippen LogP contribution in [0.5, 0.6) is 0 Å². The Morgan fingerprint density at radius 3 is 2.62 bits per heavy atom. The molecule has 2 heterocycles. The first kappa shape index (κ1) is 17.9. The predicted molar refractivity (Wildman–Crippen MR) is 87.7 cm³/mol. The first-order chi connectivity index (χ1) is 12.5. The zero-order valence-electron chi connectivity index (χ0n) is 14.3. The minimum atomic E-state index is -0.797. The van der Waals surface area contributed by atoms with E-state index in [9.17, 15) is 18.8 Å². The molecule has 0 aliphatic carbocycles. The third-order valence-electron chi connectivity index (χ3n) is 4.17. The summed E-state index contributed by atoms with van der Waals surface area (Å²) in [6.45, 7) is -0.284. The van der Waals surface area contributed by atoms with Gasteiger partial charge in [0.25, 0.3) is 0 Å². The standard InChI is InChI=1S/C17H17FN2O6/c1-24-16(22)11-7-26-8-20(15(11)17(23)25-2)12-6-10(18)5-9-3-4-13(21)19-14(9)12/h5-6H,3-4,7-8H2,1-2H3,(H,19,21). The van der Waals surface area contributed by atoms with Gasteiger partial charge in [-0.3, -0.25) is 4.79 Å². The van der Waals surface area contributed by atoms with E-state index in [0.29, 0.717) is 17.7 Å². The van der Waals surface area contributed by atoms with Crippen LogP contribution in [0, 0.1) is 5.82 Å². The molecule has 0 radical (unpaired) electrons. The molecule has 0 atom stereocenters. The van der Waals surface area contributed by atoms with E-state index in [2.05, 4.69) is 5.32 Å². The van der Waals surface area contributed by atoms with Crippen molar-refractivity contribution in [3.05, 3.63) is 34.8 Å². The summed E-state index contributed by atoms with van der Waals surface area (Å²) in [5.74, 6) is -2.32. The molecule has 1 aromatic carbocycles. The third-order valence-corrected chi connectivity index (χ3v) is 4.17. The Morgan fingerprint density at radius 2 is 1.92 bits per heavy atom. The van der Waals surface area contributed by atoms with Crippen molar-refractivity contribution in [1.29, 1.82) is 0 Å². The first-order valence-corrected chi connectivity index (χ1v) is 7.83. The number of halogens is 1. The molecular formula is C17H17FN2O6. The average molecular weight is 364 g/mol. The van der Waals surface area contributed by atoms with Gasteiger partial charge >= 0.3 is 11.9 Å². The van der Waals surface area contributed by atoms with Gasteiger partial charge in [0.15, 0.2) is 0 Å². The first-order valence-electron chi connectivity index (χ1n) is 7.83. The Bertz CT molecular complexity index is 820. The second kappa shape index (κ2) is 7.12. The van der Waals surface area contributed by atoms with Crippen molar-refractivity contribution in [3.63, 3.8) is 0 Å². The number of rotatable bonds is 3. The number of amides is 1. The lowest BCUT2D eigenvalue weighted by atomic mass is 10.00. The number of esters is 2. The molecule has 0 bridgehead atoms. The molecule has 0 fully saturated rings. The van der Waals surface area contributed by atoms with Crippen LogP contribution in [-0.2, 0) is 35.0 Å². The molecule has 2 aliphatic heterocycles. The summed E-state index contributed by atoms with van der Waals surface area (Å²) in [4.78, 5) is 37.5. The van der Waals surface area contributed by atoms with Crippen molar-refractivity contribution in [3.8, 4) is 0 Å². The molecule has 1 amide bonds. The fourth-order valence-electron chi connectivity index (χ4n) is 2.99. The summed E-state index contributed by atoms with van der Waals surface area (Å²) in [5, 5.41) is 2.69. The topological polar surface area (TPSA) is 94.2 Å². The Labute approximate surface area is 148 Å². The van der Waals surface area contributed by atoms with Crippen LogP contribution in [0.25, 0.3) is 0 Å². The van der Waals surface area contributed by atoms with Crippen LogP contribution in [-0.4, -0.2) is 45.4 Å². The zero-order chi connectivity index (χ0) is 18.8. The van der Waals surface area contributed by atoms with Gasteiger partial charge in [0.2, 0.25) is 5.91 Å². The maximum atomic E-state index is 14.1. The van der Waals surface area contributed by atoms with E-state index in [-0.39, 0.29) is 42.6 Å². The van der Waals surface area contributed by atoms with Gasteiger partial charge in [-0.15, -0.1) is 0 Å². The normalized spacial score (nSPS) is 16.7. The van der Waals surface area contributed by atoms with Crippen LogP contribution in [0.4, 0.5) is 15.8 Å². The average Bonchev–Trinajstić information content (AvgIpc) is 2.65. The Morgan fingerprint density at radius 1 is 1.19 bits per heavy atom. The summed E-state index contributed by atoms with van der Waals surface area (Å²) < 4.78 is 29.0. The number of aryl methyl sites for hydroxylation is 1. The lowest BCUT2D eigenvalue weighted by Crippen LogP contribution is -2.39. The maximum absolute atomic E-state index is 14.1. The van der Waals surface area contributed by atoms with Crippen molar-refractivity contribution < 1.29 is 33.0 Å². The van der Waals surface area contributed by atoms with E-state index >= 15 is 0 Å². The second-order valence-electron chi connectivity index (χ2n) is 5.72. The smallest absolute Gasteiger partial charge is 0.355 e. The summed E-state index contributed by atoms with van der Waals surface area (Å²) in [6, 6.07) is 2.49. The summed E-state index contributed by atoms with van der Waals surface area (Å²) in [5.41, 5.74) is 1.01. The molecule has 0 aromatic heterocycles. The predicted octanol–water partition coefficient (Wildman–Crippen LogP) is 1.10. The van der Waals surface area contributed by atoms with Crippen LogP contribution in [0.2, 0.25) is 0 Å². The number of methoxy groups -OCH3 is 2. The lowest BCUT2D eigenvalue weighted by Gasteiger charge is -2.34. The van der Waals surface area contributed by atoms with E-state index in [1.54, 1.807) is 0 Å². The molecule has 2 aliphatic rings. The van der Waals surface area contributed by atoms with Gasteiger partial charge in [-0.2, -0.15) is 0 Å². The Kier molecular flexibility index (Phi) is 4.90. The number of carbonyl (C=O) groups excluding carboxylic acids is 3. The van der Waals surface area contributed by atoms with E-state index in [4.69, 9.17) is 14.2 Å². The molecule has 0 saturated heterocycles. The van der Waals surface area contributed by atoms with Crippen LogP contribution < -0.4 is 10.2 Å². The zero-order valence-corrected chi connectivity index (χ0v) is 14.3. The molecule has 3 rings (SSSR count). The molecular weight excluding hydrogens is 347 g/mol. The number of benzene rings is 1. The third kappa shape index (κ3) is 3.13. The Balaban J connectivity index is 2.18. The van der Waals surface area contributed by atoms with Crippen LogP contribution in [0.1, 0.15) is 12.0 Å². The number of fused-ring (bicyclic) bond motifs is 1. The monoisotopic (exact) mass is 364 g/mol.